The van der Waals surface area contributed by atoms with Crippen LogP contribution >= 0.6 is 0 Å². The molecule has 0 saturated carbocycles. The second kappa shape index (κ2) is 15.2. The molecule has 0 atom stereocenters. The first-order valence-corrected chi connectivity index (χ1v) is 17.2. The Labute approximate surface area is 350 Å². The molecule has 0 amide bonds. The molecule has 56 heavy (non-hydrogen) atoms. The van der Waals surface area contributed by atoms with Gasteiger partial charge in [0, 0.05) is 85.3 Å². The van der Waals surface area contributed by atoms with E-state index >= 15 is 0 Å². The standard InChI is InChI=1S/C44H28N8O2.2Pt/c1-49-23-21-47-43(49)29-9-7-11-31(25-29)53-33-15-17-35-37(27-33)51(39-13-3-5-19-45-39)42-36-18-16-34(28-38(36)52(41(35)42)40-14-4-6-20-46-40)54-32-12-8-10-30(26-32)44-48-22-24-50(44)2;;/h3-24H,1-2H3;;/q-4;2*+2. The van der Waals surface area contributed by atoms with Crippen molar-refractivity contribution in [2.45, 2.75) is 0 Å². The number of fused-ring (bicyclic) bond motifs is 5. The van der Waals surface area contributed by atoms with Gasteiger partial charge in [0.15, 0.2) is 0 Å². The van der Waals surface area contributed by atoms with E-state index in [2.05, 4.69) is 55.5 Å². The van der Waals surface area contributed by atoms with Crippen molar-refractivity contribution in [3.05, 3.63) is 159 Å². The monoisotopic (exact) mass is 1090 g/mol. The molecule has 4 aromatic carbocycles. The molecule has 0 radical (unpaired) electrons. The van der Waals surface area contributed by atoms with Gasteiger partial charge in [0.2, 0.25) is 0 Å². The Bertz CT molecular complexity index is 2780. The van der Waals surface area contributed by atoms with E-state index < -0.39 is 0 Å². The van der Waals surface area contributed by atoms with E-state index in [0.29, 0.717) is 23.0 Å². The fourth-order valence-electron chi connectivity index (χ4n) is 6.91. The summed E-state index contributed by atoms with van der Waals surface area (Å²) in [7, 11) is 3.91. The van der Waals surface area contributed by atoms with Gasteiger partial charge in [-0.1, -0.05) is 46.1 Å². The summed E-state index contributed by atoms with van der Waals surface area (Å²) in [6, 6.07) is 45.1. The number of nitrogens with zero attached hydrogens (tertiary/aromatic N) is 8. The number of ether oxygens (including phenoxy) is 2. The number of pyridine rings is 2. The third kappa shape index (κ3) is 6.45. The van der Waals surface area contributed by atoms with Crippen molar-refractivity contribution in [3.63, 3.8) is 0 Å². The predicted molar refractivity (Wildman–Crippen MR) is 206 cm³/mol. The van der Waals surface area contributed by atoms with Crippen LogP contribution in [0.4, 0.5) is 0 Å². The molecule has 0 bridgehead atoms. The van der Waals surface area contributed by atoms with Crippen LogP contribution in [0.3, 0.4) is 0 Å². The molecule has 0 spiro atoms. The summed E-state index contributed by atoms with van der Waals surface area (Å²) in [6.07, 6.45) is 10.9. The Kier molecular flexibility index (Phi) is 10.0. The van der Waals surface area contributed by atoms with Gasteiger partial charge in [0.25, 0.3) is 0 Å². The van der Waals surface area contributed by atoms with Gasteiger partial charge in [0.1, 0.15) is 11.6 Å². The summed E-state index contributed by atoms with van der Waals surface area (Å²) in [4.78, 5) is 18.5. The van der Waals surface area contributed by atoms with Gasteiger partial charge in [0.05, 0.1) is 11.6 Å². The normalized spacial score (nSPS) is 11.1. The van der Waals surface area contributed by atoms with Crippen molar-refractivity contribution in [3.8, 4) is 57.4 Å². The zero-order valence-corrected chi connectivity index (χ0v) is 34.3. The molecule has 6 aromatic heterocycles. The van der Waals surface area contributed by atoms with Crippen molar-refractivity contribution in [2.24, 2.45) is 14.1 Å². The summed E-state index contributed by atoms with van der Waals surface area (Å²) >= 11 is 0. The fraction of sp³-hybridized carbons (Fsp3) is 0.0455. The molecule has 0 aliphatic heterocycles. The van der Waals surface area contributed by atoms with Crippen molar-refractivity contribution in [2.75, 3.05) is 0 Å². The van der Waals surface area contributed by atoms with E-state index in [4.69, 9.17) is 19.4 Å². The fourth-order valence-corrected chi connectivity index (χ4v) is 6.91. The molecule has 0 aliphatic rings. The van der Waals surface area contributed by atoms with Crippen LogP contribution in [0, 0.1) is 24.3 Å². The molecular weight excluding hydrogens is 1060 g/mol. The minimum absolute atomic E-state index is 0. The summed E-state index contributed by atoms with van der Waals surface area (Å²) in [6.45, 7) is 0. The number of hydrogen-bond acceptors (Lipinski definition) is 6. The van der Waals surface area contributed by atoms with Crippen LogP contribution in [-0.4, -0.2) is 38.2 Å². The maximum Gasteiger partial charge on any atom is 2.00 e. The Morgan fingerprint density at radius 1 is 0.446 bits per heavy atom. The Morgan fingerprint density at radius 3 is 1.29 bits per heavy atom. The van der Waals surface area contributed by atoms with Crippen LogP contribution in [0.1, 0.15) is 0 Å². The van der Waals surface area contributed by atoms with Crippen molar-refractivity contribution >= 4 is 32.8 Å². The largest absolute Gasteiger partial charge is 2.00 e. The second-order valence-electron chi connectivity index (χ2n) is 12.7. The summed E-state index contributed by atoms with van der Waals surface area (Å²) in [5.74, 6) is 5.25. The summed E-state index contributed by atoms with van der Waals surface area (Å²) < 4.78 is 21.0. The van der Waals surface area contributed by atoms with Gasteiger partial charge in [-0.25, -0.2) is 9.97 Å². The maximum atomic E-state index is 6.41. The maximum absolute atomic E-state index is 6.41. The van der Waals surface area contributed by atoms with Gasteiger partial charge in [-0.05, 0) is 24.3 Å². The minimum Gasteiger partial charge on any atom is -0.503 e. The summed E-state index contributed by atoms with van der Waals surface area (Å²) in [5.41, 5.74) is 5.10. The van der Waals surface area contributed by atoms with E-state index in [1.54, 1.807) is 24.8 Å². The zero-order valence-electron chi connectivity index (χ0n) is 29.7. The Balaban J connectivity index is 0.00000220. The van der Waals surface area contributed by atoms with Crippen LogP contribution < -0.4 is 9.47 Å². The molecule has 10 aromatic rings. The first-order valence-electron chi connectivity index (χ1n) is 17.2. The zero-order chi connectivity index (χ0) is 36.2. The molecule has 0 unspecified atom stereocenters. The van der Waals surface area contributed by atoms with Crippen LogP contribution in [-0.2, 0) is 56.2 Å². The molecule has 0 saturated heterocycles. The number of aromatic nitrogens is 8. The van der Waals surface area contributed by atoms with Crippen molar-refractivity contribution < 1.29 is 51.6 Å². The number of rotatable bonds is 8. The van der Waals surface area contributed by atoms with E-state index in [1.807, 2.05) is 121 Å². The van der Waals surface area contributed by atoms with Gasteiger partial charge < -0.3 is 27.7 Å². The summed E-state index contributed by atoms with van der Waals surface area (Å²) in [5, 5.41) is 1.87. The van der Waals surface area contributed by atoms with E-state index in [9.17, 15) is 0 Å². The molecule has 0 aliphatic carbocycles. The SMILES string of the molecule is Cn1ccnc1-c1[c-]c(Oc2[c-]c3c(cc2)c2c(c4ccc(Oc5[c-]c(-c6nccn6C)ccc5)[c-]c4n2-c2ccccn2)n3-c2ccccn2)ccc1.[Pt+2].[Pt+2]. The quantitative estimate of drug-likeness (QED) is 0.141. The molecule has 276 valence electrons. The number of aryl methyl sites for hydroxylation is 2. The molecule has 10 nitrogen and oxygen atoms in total. The predicted octanol–water partition coefficient (Wildman–Crippen LogP) is 9.10. The third-order valence-corrected chi connectivity index (χ3v) is 9.28. The Morgan fingerprint density at radius 2 is 0.893 bits per heavy atom. The first-order chi connectivity index (χ1) is 26.6. The van der Waals surface area contributed by atoms with Crippen LogP contribution in [0.25, 0.3) is 67.3 Å². The van der Waals surface area contributed by atoms with Crippen LogP contribution in [0.5, 0.6) is 23.0 Å². The van der Waals surface area contributed by atoms with Gasteiger partial charge in [-0.2, -0.15) is 12.1 Å². The average molecular weight is 1090 g/mol. The van der Waals surface area contributed by atoms with Gasteiger partial charge >= 0.3 is 42.1 Å². The Hall–Kier alpha value is -6.08. The molecule has 0 fully saturated rings. The van der Waals surface area contributed by atoms with E-state index in [-0.39, 0.29) is 42.1 Å². The minimum atomic E-state index is 0. The molecule has 6 heterocycles. The molecule has 10 rings (SSSR count). The average Bonchev–Trinajstić information content (AvgIpc) is 3.98. The van der Waals surface area contributed by atoms with Crippen molar-refractivity contribution in [1.29, 1.82) is 0 Å². The van der Waals surface area contributed by atoms with E-state index in [0.717, 1.165) is 67.3 Å². The van der Waals surface area contributed by atoms with Crippen molar-refractivity contribution in [1.82, 2.24) is 38.2 Å². The number of imidazole rings is 2. The number of hydrogen-bond donors (Lipinski definition) is 0. The topological polar surface area (TPSA) is 89.7 Å². The first kappa shape index (κ1) is 36.9. The molecule has 12 heteroatoms. The van der Waals surface area contributed by atoms with Crippen LogP contribution in [0.2, 0.25) is 0 Å². The van der Waals surface area contributed by atoms with E-state index in [1.165, 1.54) is 0 Å². The van der Waals surface area contributed by atoms with Gasteiger partial charge in [-0.3, -0.25) is 9.97 Å². The van der Waals surface area contributed by atoms with Gasteiger partial charge in [-0.15, -0.1) is 71.8 Å². The molecule has 0 N–H and O–H groups in total. The van der Waals surface area contributed by atoms with Crippen LogP contribution in [0.15, 0.2) is 134 Å². The second-order valence-corrected chi connectivity index (χ2v) is 12.7. The third-order valence-electron chi connectivity index (χ3n) is 9.28. The number of benzene rings is 4. The molecular formula is C44H28N8O2Pt2. The smallest absolute Gasteiger partial charge is 0.503 e.